The van der Waals surface area contributed by atoms with Gasteiger partial charge in [0.15, 0.2) is 0 Å². The van der Waals surface area contributed by atoms with Crippen molar-refractivity contribution >= 4 is 45.2 Å². The van der Waals surface area contributed by atoms with Gasteiger partial charge in [0.1, 0.15) is 0 Å². The van der Waals surface area contributed by atoms with Gasteiger partial charge < -0.3 is 15.1 Å². The molecule has 1 heterocycles. The molecule has 2 aliphatic rings. The third-order valence-corrected chi connectivity index (χ3v) is 6.34. The number of nitrogens with zero attached hydrogens (tertiary/aromatic N) is 2. The summed E-state index contributed by atoms with van der Waals surface area (Å²) in [7, 11) is 0. The molecule has 4 rings (SSSR count). The molecule has 5 nitrogen and oxygen atoms in total. The average Bonchev–Trinajstić information content (AvgIpc) is 3.52. The van der Waals surface area contributed by atoms with Gasteiger partial charge in [-0.2, -0.15) is 0 Å². The van der Waals surface area contributed by atoms with Crippen LogP contribution >= 0.6 is 27.5 Å². The Morgan fingerprint density at radius 3 is 2.48 bits per heavy atom. The van der Waals surface area contributed by atoms with Crippen LogP contribution in [0.15, 0.2) is 53.0 Å². The quantitative estimate of drug-likeness (QED) is 0.680. The number of rotatable bonds is 3. The Kier molecular flexibility index (Phi) is 6.11. The lowest BCUT2D eigenvalue weighted by Gasteiger charge is -2.22. The van der Waals surface area contributed by atoms with Crippen molar-refractivity contribution in [2.45, 2.75) is 18.8 Å². The predicted octanol–water partition coefficient (Wildman–Crippen LogP) is 4.97. The Hall–Kier alpha value is -2.05. The first-order valence-electron chi connectivity index (χ1n) is 9.87. The molecule has 0 bridgehead atoms. The maximum Gasteiger partial charge on any atom is 0.321 e. The van der Waals surface area contributed by atoms with E-state index in [1.54, 1.807) is 23.1 Å². The van der Waals surface area contributed by atoms with Crippen molar-refractivity contribution in [2.75, 3.05) is 31.5 Å². The molecular formula is C22H23BrClN3O2. The first-order valence-corrected chi connectivity index (χ1v) is 11.0. The molecule has 1 saturated carbocycles. The largest absolute Gasteiger partial charge is 0.341 e. The van der Waals surface area contributed by atoms with E-state index in [9.17, 15) is 9.59 Å². The van der Waals surface area contributed by atoms with Gasteiger partial charge >= 0.3 is 6.03 Å². The monoisotopic (exact) mass is 475 g/mol. The zero-order valence-corrected chi connectivity index (χ0v) is 18.3. The molecule has 29 heavy (non-hydrogen) atoms. The minimum atomic E-state index is -0.152. The summed E-state index contributed by atoms with van der Waals surface area (Å²) in [4.78, 5) is 29.2. The fraction of sp³-hybridized carbons (Fsp3) is 0.364. The van der Waals surface area contributed by atoms with E-state index in [1.807, 2.05) is 23.1 Å². The molecule has 0 radical (unpaired) electrons. The summed E-state index contributed by atoms with van der Waals surface area (Å²) in [6.45, 7) is 2.44. The van der Waals surface area contributed by atoms with Crippen LogP contribution < -0.4 is 5.32 Å². The van der Waals surface area contributed by atoms with Crippen molar-refractivity contribution in [1.29, 1.82) is 0 Å². The molecule has 2 unspecified atom stereocenters. The van der Waals surface area contributed by atoms with E-state index in [2.05, 4.69) is 33.4 Å². The van der Waals surface area contributed by atoms with Crippen LogP contribution in [0.1, 0.15) is 24.3 Å². The molecule has 1 saturated heterocycles. The summed E-state index contributed by atoms with van der Waals surface area (Å²) in [5.74, 6) is 0.610. The van der Waals surface area contributed by atoms with E-state index in [4.69, 9.17) is 11.6 Å². The number of carbonyl (C=O) groups excluding carboxylic acids is 2. The van der Waals surface area contributed by atoms with Crippen molar-refractivity contribution in [3.63, 3.8) is 0 Å². The van der Waals surface area contributed by atoms with Gasteiger partial charge in [0.05, 0.1) is 0 Å². The summed E-state index contributed by atoms with van der Waals surface area (Å²) in [6, 6.07) is 15.2. The van der Waals surface area contributed by atoms with E-state index < -0.39 is 0 Å². The molecule has 152 valence electrons. The lowest BCUT2D eigenvalue weighted by atomic mass is 10.1. The average molecular weight is 477 g/mol. The molecule has 1 N–H and O–H groups in total. The number of amides is 3. The lowest BCUT2D eigenvalue weighted by molar-refractivity contribution is -0.132. The van der Waals surface area contributed by atoms with E-state index in [0.29, 0.717) is 42.8 Å². The topological polar surface area (TPSA) is 52.7 Å². The van der Waals surface area contributed by atoms with Crippen LogP contribution in [-0.4, -0.2) is 47.9 Å². The molecule has 2 aromatic rings. The number of nitrogens with one attached hydrogen (secondary N) is 1. The van der Waals surface area contributed by atoms with Crippen LogP contribution in [0.5, 0.6) is 0 Å². The van der Waals surface area contributed by atoms with Gasteiger partial charge in [-0.15, -0.1) is 0 Å². The Morgan fingerprint density at radius 1 is 1.00 bits per heavy atom. The van der Waals surface area contributed by atoms with Gasteiger partial charge in [0.25, 0.3) is 0 Å². The first kappa shape index (κ1) is 20.2. The molecule has 2 aromatic carbocycles. The van der Waals surface area contributed by atoms with Crippen LogP contribution in [0.2, 0.25) is 5.02 Å². The standard InChI is InChI=1S/C22H23BrClN3O2/c23-16-7-5-15(6-8-16)19-14-20(19)21(28)26-9-2-10-27(12-11-26)22(29)25-18-4-1-3-17(24)13-18/h1,3-8,13,19-20H,2,9-12,14H2,(H,25,29). The summed E-state index contributed by atoms with van der Waals surface area (Å²) in [6.07, 6.45) is 1.69. The summed E-state index contributed by atoms with van der Waals surface area (Å²) in [5, 5.41) is 3.47. The van der Waals surface area contributed by atoms with Gasteiger partial charge in [-0.1, -0.05) is 45.7 Å². The number of halogens is 2. The van der Waals surface area contributed by atoms with Crippen molar-refractivity contribution in [3.8, 4) is 0 Å². The van der Waals surface area contributed by atoms with Gasteiger partial charge in [-0.3, -0.25) is 4.79 Å². The van der Waals surface area contributed by atoms with E-state index >= 15 is 0 Å². The molecule has 0 spiro atoms. The fourth-order valence-electron chi connectivity index (χ4n) is 3.89. The summed E-state index contributed by atoms with van der Waals surface area (Å²) < 4.78 is 1.05. The maximum absolute atomic E-state index is 13.0. The van der Waals surface area contributed by atoms with Crippen molar-refractivity contribution in [3.05, 3.63) is 63.6 Å². The zero-order chi connectivity index (χ0) is 20.4. The summed E-state index contributed by atoms with van der Waals surface area (Å²) >= 11 is 9.43. The third-order valence-electron chi connectivity index (χ3n) is 5.58. The number of urea groups is 1. The lowest BCUT2D eigenvalue weighted by Crippen LogP contribution is -2.39. The Balaban J connectivity index is 1.31. The molecule has 7 heteroatoms. The Bertz CT molecular complexity index is 905. The number of hydrogen-bond donors (Lipinski definition) is 1. The van der Waals surface area contributed by atoms with Gasteiger partial charge in [-0.05, 0) is 54.7 Å². The van der Waals surface area contributed by atoms with Crippen molar-refractivity contribution in [1.82, 2.24) is 9.80 Å². The molecular weight excluding hydrogens is 454 g/mol. The van der Waals surface area contributed by atoms with Gasteiger partial charge in [0, 0.05) is 47.3 Å². The SMILES string of the molecule is O=C(Nc1cccc(Cl)c1)N1CCCN(C(=O)C2CC2c2ccc(Br)cc2)CC1. The Morgan fingerprint density at radius 2 is 1.72 bits per heavy atom. The van der Waals surface area contributed by atoms with E-state index in [0.717, 1.165) is 17.3 Å². The maximum atomic E-state index is 13.0. The highest BCUT2D eigenvalue weighted by molar-refractivity contribution is 9.10. The second-order valence-corrected chi connectivity index (χ2v) is 8.96. The van der Waals surface area contributed by atoms with Crippen molar-refractivity contribution < 1.29 is 9.59 Å². The highest BCUT2D eigenvalue weighted by Gasteiger charge is 2.45. The van der Waals surface area contributed by atoms with Gasteiger partial charge in [0.2, 0.25) is 5.91 Å². The van der Waals surface area contributed by atoms with Crippen LogP contribution in [0.3, 0.4) is 0 Å². The van der Waals surface area contributed by atoms with Gasteiger partial charge in [-0.25, -0.2) is 4.79 Å². The minimum absolute atomic E-state index is 0.0722. The summed E-state index contributed by atoms with van der Waals surface area (Å²) in [5.41, 5.74) is 1.90. The molecule has 1 aliphatic heterocycles. The fourth-order valence-corrected chi connectivity index (χ4v) is 4.35. The second kappa shape index (κ2) is 8.76. The number of anilines is 1. The molecule has 1 aliphatic carbocycles. The van der Waals surface area contributed by atoms with E-state index in [1.165, 1.54) is 5.56 Å². The van der Waals surface area contributed by atoms with Crippen LogP contribution in [0.25, 0.3) is 0 Å². The first-order chi connectivity index (χ1) is 14.0. The number of benzene rings is 2. The highest BCUT2D eigenvalue weighted by Crippen LogP contribution is 2.48. The highest BCUT2D eigenvalue weighted by atomic mass is 79.9. The molecule has 2 atom stereocenters. The van der Waals surface area contributed by atoms with E-state index in [-0.39, 0.29) is 17.9 Å². The molecule has 3 amide bonds. The van der Waals surface area contributed by atoms with Crippen LogP contribution in [0.4, 0.5) is 10.5 Å². The minimum Gasteiger partial charge on any atom is -0.341 e. The third kappa shape index (κ3) is 4.93. The van der Waals surface area contributed by atoms with Crippen LogP contribution in [0, 0.1) is 5.92 Å². The Labute approximate surface area is 184 Å². The second-order valence-electron chi connectivity index (χ2n) is 7.61. The molecule has 2 fully saturated rings. The number of hydrogen-bond acceptors (Lipinski definition) is 2. The van der Waals surface area contributed by atoms with Crippen LogP contribution in [-0.2, 0) is 4.79 Å². The zero-order valence-electron chi connectivity index (χ0n) is 16.0. The predicted molar refractivity (Wildman–Crippen MR) is 118 cm³/mol. The smallest absolute Gasteiger partial charge is 0.321 e. The number of carbonyl (C=O) groups is 2. The van der Waals surface area contributed by atoms with Crippen molar-refractivity contribution in [2.24, 2.45) is 5.92 Å². The normalized spacial score (nSPS) is 21.4. The molecule has 0 aromatic heterocycles.